The minimum Gasteiger partial charge on any atom is -0.162 e. The summed E-state index contributed by atoms with van der Waals surface area (Å²) in [5.41, 5.74) is 0. The lowest BCUT2D eigenvalue weighted by Crippen LogP contribution is -2.07. The first kappa shape index (κ1) is 16.4. The first-order chi connectivity index (χ1) is 7.72. The van der Waals surface area contributed by atoms with Gasteiger partial charge in [-0.2, -0.15) is 11.8 Å². The highest BCUT2D eigenvalue weighted by molar-refractivity contribution is 7.99. The summed E-state index contributed by atoms with van der Waals surface area (Å²) in [5.74, 6) is 4.60. The van der Waals surface area contributed by atoms with Crippen LogP contribution in [0.25, 0.3) is 0 Å². The third-order valence-electron chi connectivity index (χ3n) is 3.51. The summed E-state index contributed by atoms with van der Waals surface area (Å²) in [6.07, 6.45) is 9.85. The quantitative estimate of drug-likeness (QED) is 0.416. The molecule has 0 aromatic heterocycles. The molecule has 0 fully saturated rings. The Morgan fingerprint density at radius 3 is 2.06 bits per heavy atom. The predicted molar refractivity (Wildman–Crippen MR) is 79.3 cm³/mol. The van der Waals surface area contributed by atoms with Crippen LogP contribution >= 0.6 is 11.8 Å². The predicted octanol–water partition coefficient (Wildman–Crippen LogP) is 5.76. The summed E-state index contributed by atoms with van der Waals surface area (Å²) in [4.78, 5) is 0. The summed E-state index contributed by atoms with van der Waals surface area (Å²) in [6.45, 7) is 9.43. The number of unbranched alkanes of at least 4 members (excludes halogenated alkanes) is 2. The normalized spacial score (nSPS) is 15.0. The second kappa shape index (κ2) is 11.8. The lowest BCUT2D eigenvalue weighted by Gasteiger charge is -2.18. The van der Waals surface area contributed by atoms with E-state index in [0.29, 0.717) is 0 Å². The number of thioether (sulfide) groups is 1. The maximum Gasteiger partial charge on any atom is -0.00675 e. The Bertz CT molecular complexity index is 133. The monoisotopic (exact) mass is 244 g/mol. The van der Waals surface area contributed by atoms with Crippen LogP contribution in [0.15, 0.2) is 0 Å². The van der Waals surface area contributed by atoms with Gasteiger partial charge >= 0.3 is 0 Å². The maximum atomic E-state index is 2.44. The van der Waals surface area contributed by atoms with E-state index >= 15 is 0 Å². The van der Waals surface area contributed by atoms with Gasteiger partial charge in [0.05, 0.1) is 0 Å². The molecule has 0 saturated carbocycles. The van der Waals surface area contributed by atoms with Gasteiger partial charge in [0.2, 0.25) is 0 Å². The average Bonchev–Trinajstić information content (AvgIpc) is 2.28. The third-order valence-corrected chi connectivity index (χ3v) is 4.79. The molecule has 0 saturated heterocycles. The van der Waals surface area contributed by atoms with E-state index in [1.54, 1.807) is 0 Å². The molecule has 0 radical (unpaired) electrons. The molecule has 0 nitrogen and oxygen atoms in total. The summed E-state index contributed by atoms with van der Waals surface area (Å²) < 4.78 is 0. The molecule has 0 aliphatic rings. The van der Waals surface area contributed by atoms with Gasteiger partial charge < -0.3 is 0 Å². The number of rotatable bonds is 11. The Balaban J connectivity index is 3.23. The highest BCUT2D eigenvalue weighted by atomic mass is 32.2. The van der Waals surface area contributed by atoms with E-state index in [9.17, 15) is 0 Å². The van der Waals surface area contributed by atoms with Crippen LogP contribution in [-0.2, 0) is 0 Å². The molecule has 0 amide bonds. The van der Waals surface area contributed by atoms with E-state index in [1.165, 1.54) is 56.5 Å². The van der Waals surface area contributed by atoms with Crippen molar-refractivity contribution >= 4 is 11.8 Å². The van der Waals surface area contributed by atoms with Crippen LogP contribution in [0.3, 0.4) is 0 Å². The third kappa shape index (κ3) is 9.57. The maximum absolute atomic E-state index is 2.44. The van der Waals surface area contributed by atoms with E-state index in [0.717, 1.165) is 11.8 Å². The number of hydrogen-bond acceptors (Lipinski definition) is 1. The van der Waals surface area contributed by atoms with Crippen molar-refractivity contribution in [2.45, 2.75) is 72.6 Å². The second-order valence-corrected chi connectivity index (χ2v) is 6.43. The van der Waals surface area contributed by atoms with Gasteiger partial charge in [-0.3, -0.25) is 0 Å². The summed E-state index contributed by atoms with van der Waals surface area (Å²) in [6, 6.07) is 0. The van der Waals surface area contributed by atoms with E-state index in [2.05, 4.69) is 39.5 Å². The molecule has 0 bridgehead atoms. The van der Waals surface area contributed by atoms with Gasteiger partial charge in [-0.1, -0.05) is 59.8 Å². The molecule has 0 spiro atoms. The highest BCUT2D eigenvalue weighted by Crippen LogP contribution is 2.22. The van der Waals surface area contributed by atoms with Crippen molar-refractivity contribution in [3.63, 3.8) is 0 Å². The molecule has 0 aliphatic carbocycles. The van der Waals surface area contributed by atoms with Gasteiger partial charge in [-0.05, 0) is 36.2 Å². The van der Waals surface area contributed by atoms with Crippen LogP contribution in [0.4, 0.5) is 0 Å². The molecule has 0 aromatic carbocycles. The fourth-order valence-corrected chi connectivity index (χ4v) is 3.02. The summed E-state index contributed by atoms with van der Waals surface area (Å²) in [7, 11) is 0. The average molecular weight is 244 g/mol. The van der Waals surface area contributed by atoms with Crippen LogP contribution in [0.1, 0.15) is 72.6 Å². The summed E-state index contributed by atoms with van der Waals surface area (Å²) >= 11 is 2.13. The van der Waals surface area contributed by atoms with Crippen molar-refractivity contribution in [1.29, 1.82) is 0 Å². The van der Waals surface area contributed by atoms with E-state index in [1.807, 2.05) is 0 Å². The Labute approximate surface area is 108 Å². The Kier molecular flexibility index (Phi) is 12.1. The molecule has 0 N–H and O–H groups in total. The first-order valence-electron chi connectivity index (χ1n) is 7.30. The Morgan fingerprint density at radius 1 is 0.750 bits per heavy atom. The Morgan fingerprint density at radius 2 is 1.44 bits per heavy atom. The fraction of sp³-hybridized carbons (Fsp3) is 1.00. The van der Waals surface area contributed by atoms with Crippen LogP contribution in [0.5, 0.6) is 0 Å². The van der Waals surface area contributed by atoms with Gasteiger partial charge in [0.25, 0.3) is 0 Å². The van der Waals surface area contributed by atoms with Gasteiger partial charge in [0, 0.05) is 0 Å². The molecule has 0 heterocycles. The second-order valence-electron chi connectivity index (χ2n) is 5.20. The SMILES string of the molecule is CCCSCCCCCC(C)C(C)CCC. The molecule has 0 rings (SSSR count). The van der Waals surface area contributed by atoms with Crippen molar-refractivity contribution in [1.82, 2.24) is 0 Å². The smallest absolute Gasteiger partial charge is 0.00675 e. The van der Waals surface area contributed by atoms with Crippen LogP contribution < -0.4 is 0 Å². The molecule has 1 heteroatoms. The van der Waals surface area contributed by atoms with E-state index < -0.39 is 0 Å². The van der Waals surface area contributed by atoms with Crippen molar-refractivity contribution in [3.8, 4) is 0 Å². The summed E-state index contributed by atoms with van der Waals surface area (Å²) in [5, 5.41) is 0. The molecule has 2 atom stereocenters. The molecule has 0 aliphatic heterocycles. The molecule has 16 heavy (non-hydrogen) atoms. The van der Waals surface area contributed by atoms with Crippen LogP contribution in [-0.4, -0.2) is 11.5 Å². The fourth-order valence-electron chi connectivity index (χ4n) is 2.12. The molecular weight excluding hydrogens is 212 g/mol. The topological polar surface area (TPSA) is 0 Å². The van der Waals surface area contributed by atoms with E-state index in [4.69, 9.17) is 0 Å². The Hall–Kier alpha value is 0.350. The zero-order valence-electron chi connectivity index (χ0n) is 11.9. The standard InChI is InChI=1S/C15H32S/c1-5-10-14(3)15(4)11-8-7-9-13-16-12-6-2/h14-15H,5-13H2,1-4H3. The zero-order chi connectivity index (χ0) is 12.2. The lowest BCUT2D eigenvalue weighted by atomic mass is 9.88. The van der Waals surface area contributed by atoms with Gasteiger partial charge in [-0.15, -0.1) is 0 Å². The van der Waals surface area contributed by atoms with Crippen LogP contribution in [0, 0.1) is 11.8 Å². The van der Waals surface area contributed by atoms with E-state index in [-0.39, 0.29) is 0 Å². The van der Waals surface area contributed by atoms with Crippen molar-refractivity contribution in [2.75, 3.05) is 11.5 Å². The number of hydrogen-bond donors (Lipinski definition) is 0. The molecule has 98 valence electrons. The highest BCUT2D eigenvalue weighted by Gasteiger charge is 2.10. The van der Waals surface area contributed by atoms with Gasteiger partial charge in [-0.25, -0.2) is 0 Å². The van der Waals surface area contributed by atoms with Crippen molar-refractivity contribution in [2.24, 2.45) is 11.8 Å². The minimum absolute atomic E-state index is 0.930. The minimum atomic E-state index is 0.930. The van der Waals surface area contributed by atoms with Crippen LogP contribution in [0.2, 0.25) is 0 Å². The largest absolute Gasteiger partial charge is 0.162 e. The zero-order valence-corrected chi connectivity index (χ0v) is 12.7. The lowest BCUT2D eigenvalue weighted by molar-refractivity contribution is 0.331. The molecule has 0 aromatic rings. The molecule has 2 unspecified atom stereocenters. The molecular formula is C15H32S. The van der Waals surface area contributed by atoms with Gasteiger partial charge in [0.1, 0.15) is 0 Å². The van der Waals surface area contributed by atoms with Crippen molar-refractivity contribution < 1.29 is 0 Å². The first-order valence-corrected chi connectivity index (χ1v) is 8.45. The van der Waals surface area contributed by atoms with Crippen molar-refractivity contribution in [3.05, 3.63) is 0 Å². The van der Waals surface area contributed by atoms with Gasteiger partial charge in [0.15, 0.2) is 0 Å².